The van der Waals surface area contributed by atoms with Crippen LogP contribution in [0.4, 0.5) is 0 Å². The first kappa shape index (κ1) is 19.1. The lowest BCUT2D eigenvalue weighted by molar-refractivity contribution is 0.0734. The van der Waals surface area contributed by atoms with Gasteiger partial charge in [0.1, 0.15) is 5.75 Å². The fourth-order valence-electron chi connectivity index (χ4n) is 2.11. The standard InChI is InChI=1S/C19H17Cl2NO3/c1-2-3-4-9-24-18-16(20)10-14(11-17(18)21)19(23)25-15-7-5-13(12-22)6-8-15/h5-8,10-11H,2-4,9H2,1H3. The van der Waals surface area contributed by atoms with Gasteiger partial charge in [0.25, 0.3) is 0 Å². The Kier molecular flexibility index (Phi) is 7.12. The maximum absolute atomic E-state index is 12.2. The summed E-state index contributed by atoms with van der Waals surface area (Å²) >= 11 is 12.4. The molecule has 0 unspecified atom stereocenters. The van der Waals surface area contributed by atoms with E-state index in [1.54, 1.807) is 24.3 Å². The van der Waals surface area contributed by atoms with E-state index in [-0.39, 0.29) is 15.6 Å². The Bertz CT molecular complexity index is 759. The SMILES string of the molecule is CCCCCOc1c(Cl)cc(C(=O)Oc2ccc(C#N)cc2)cc1Cl. The lowest BCUT2D eigenvalue weighted by Gasteiger charge is -2.11. The number of nitriles is 1. The minimum absolute atomic E-state index is 0.222. The highest BCUT2D eigenvalue weighted by atomic mass is 35.5. The van der Waals surface area contributed by atoms with Crippen LogP contribution in [0.15, 0.2) is 36.4 Å². The highest BCUT2D eigenvalue weighted by Gasteiger charge is 2.16. The maximum atomic E-state index is 12.2. The number of ether oxygens (including phenoxy) is 2. The Balaban J connectivity index is 2.08. The van der Waals surface area contributed by atoms with Gasteiger partial charge in [-0.25, -0.2) is 4.79 Å². The first-order chi connectivity index (χ1) is 12.0. The monoisotopic (exact) mass is 377 g/mol. The van der Waals surface area contributed by atoms with E-state index in [9.17, 15) is 4.79 Å². The first-order valence-corrected chi connectivity index (χ1v) is 8.65. The first-order valence-electron chi connectivity index (χ1n) is 7.89. The van der Waals surface area contributed by atoms with Crippen molar-refractivity contribution in [2.45, 2.75) is 26.2 Å². The molecule has 0 fully saturated rings. The van der Waals surface area contributed by atoms with Gasteiger partial charge in [0.05, 0.1) is 33.8 Å². The zero-order valence-corrected chi connectivity index (χ0v) is 15.2. The molecule has 0 heterocycles. The molecule has 0 aliphatic rings. The summed E-state index contributed by atoms with van der Waals surface area (Å²) in [6.07, 6.45) is 3.06. The summed E-state index contributed by atoms with van der Waals surface area (Å²) < 4.78 is 10.9. The van der Waals surface area contributed by atoms with Crippen molar-refractivity contribution in [1.82, 2.24) is 0 Å². The predicted octanol–water partition coefficient (Wildman–Crippen LogP) is 5.65. The number of carbonyl (C=O) groups excluding carboxylic acids is 1. The van der Waals surface area contributed by atoms with Crippen LogP contribution < -0.4 is 9.47 Å². The second kappa shape index (κ2) is 9.31. The second-order valence-electron chi connectivity index (χ2n) is 5.35. The molecular formula is C19H17Cl2NO3. The smallest absolute Gasteiger partial charge is 0.343 e. The van der Waals surface area contributed by atoms with Gasteiger partial charge < -0.3 is 9.47 Å². The summed E-state index contributed by atoms with van der Waals surface area (Å²) in [6, 6.07) is 11.2. The lowest BCUT2D eigenvalue weighted by Crippen LogP contribution is -2.09. The molecular weight excluding hydrogens is 361 g/mol. The number of hydrogen-bond donors (Lipinski definition) is 0. The van der Waals surface area contributed by atoms with Gasteiger partial charge in [0, 0.05) is 0 Å². The van der Waals surface area contributed by atoms with Crippen LogP contribution in [0.1, 0.15) is 42.1 Å². The fourth-order valence-corrected chi connectivity index (χ4v) is 2.70. The molecule has 2 aromatic rings. The van der Waals surface area contributed by atoms with E-state index >= 15 is 0 Å². The second-order valence-corrected chi connectivity index (χ2v) is 6.16. The van der Waals surface area contributed by atoms with E-state index in [0.717, 1.165) is 19.3 Å². The Morgan fingerprint density at radius 2 is 1.76 bits per heavy atom. The summed E-state index contributed by atoms with van der Waals surface area (Å²) in [7, 11) is 0. The third kappa shape index (κ3) is 5.38. The molecule has 130 valence electrons. The van der Waals surface area contributed by atoms with Crippen molar-refractivity contribution in [1.29, 1.82) is 5.26 Å². The molecule has 0 aromatic heterocycles. The summed E-state index contributed by atoms with van der Waals surface area (Å²) in [5, 5.41) is 9.29. The van der Waals surface area contributed by atoms with Crippen LogP contribution in [0.25, 0.3) is 0 Å². The lowest BCUT2D eigenvalue weighted by atomic mass is 10.2. The molecule has 0 saturated heterocycles. The van der Waals surface area contributed by atoms with E-state index in [0.29, 0.717) is 23.7 Å². The molecule has 0 spiro atoms. The van der Waals surface area contributed by atoms with Crippen LogP contribution in [-0.2, 0) is 0 Å². The van der Waals surface area contributed by atoms with Crippen molar-refractivity contribution in [2.75, 3.05) is 6.61 Å². The molecule has 0 bridgehead atoms. The van der Waals surface area contributed by atoms with Crippen LogP contribution in [0.3, 0.4) is 0 Å². The highest BCUT2D eigenvalue weighted by Crippen LogP contribution is 2.34. The predicted molar refractivity (Wildman–Crippen MR) is 97.6 cm³/mol. The third-order valence-electron chi connectivity index (χ3n) is 3.42. The molecule has 6 heteroatoms. The molecule has 0 atom stereocenters. The van der Waals surface area contributed by atoms with Crippen LogP contribution in [-0.4, -0.2) is 12.6 Å². The average Bonchev–Trinajstić information content (AvgIpc) is 2.61. The van der Waals surface area contributed by atoms with Crippen molar-refractivity contribution >= 4 is 29.2 Å². The third-order valence-corrected chi connectivity index (χ3v) is 3.98. The number of carbonyl (C=O) groups is 1. The average molecular weight is 378 g/mol. The van der Waals surface area contributed by atoms with E-state index < -0.39 is 5.97 Å². The normalized spacial score (nSPS) is 10.2. The highest BCUT2D eigenvalue weighted by molar-refractivity contribution is 6.37. The van der Waals surface area contributed by atoms with Crippen molar-refractivity contribution in [3.05, 3.63) is 57.6 Å². The molecule has 0 amide bonds. The quantitative estimate of drug-likeness (QED) is 0.355. The van der Waals surface area contributed by atoms with Crippen LogP contribution in [0.2, 0.25) is 10.0 Å². The Morgan fingerprint density at radius 3 is 2.32 bits per heavy atom. The summed E-state index contributed by atoms with van der Waals surface area (Å²) in [6.45, 7) is 2.62. The van der Waals surface area contributed by atoms with Crippen molar-refractivity contribution in [3.63, 3.8) is 0 Å². The number of benzene rings is 2. The van der Waals surface area contributed by atoms with Gasteiger partial charge >= 0.3 is 5.97 Å². The van der Waals surface area contributed by atoms with Gasteiger partial charge in [-0.1, -0.05) is 43.0 Å². The van der Waals surface area contributed by atoms with Gasteiger partial charge in [0.2, 0.25) is 0 Å². The van der Waals surface area contributed by atoms with E-state index in [4.69, 9.17) is 37.9 Å². The Morgan fingerprint density at radius 1 is 1.12 bits per heavy atom. The number of unbranched alkanes of at least 4 members (excludes halogenated alkanes) is 2. The van der Waals surface area contributed by atoms with Crippen LogP contribution in [0, 0.1) is 11.3 Å². The van der Waals surface area contributed by atoms with Crippen molar-refractivity contribution in [2.24, 2.45) is 0 Å². The molecule has 4 nitrogen and oxygen atoms in total. The van der Waals surface area contributed by atoms with Gasteiger partial charge in [-0.15, -0.1) is 0 Å². The van der Waals surface area contributed by atoms with Gasteiger partial charge in [-0.2, -0.15) is 5.26 Å². The summed E-state index contributed by atoms with van der Waals surface area (Å²) in [5.41, 5.74) is 0.704. The maximum Gasteiger partial charge on any atom is 0.343 e. The number of esters is 1. The van der Waals surface area contributed by atoms with Gasteiger partial charge in [-0.05, 0) is 42.8 Å². The Hall–Kier alpha value is -2.22. The van der Waals surface area contributed by atoms with Gasteiger partial charge in [0.15, 0.2) is 5.75 Å². The van der Waals surface area contributed by atoms with E-state index in [2.05, 4.69) is 6.92 Å². The Labute approximate surface area is 156 Å². The van der Waals surface area contributed by atoms with E-state index in [1.807, 2.05) is 6.07 Å². The van der Waals surface area contributed by atoms with Gasteiger partial charge in [-0.3, -0.25) is 0 Å². The molecule has 25 heavy (non-hydrogen) atoms. The number of nitrogens with zero attached hydrogens (tertiary/aromatic N) is 1. The molecule has 0 N–H and O–H groups in total. The van der Waals surface area contributed by atoms with Crippen molar-refractivity contribution in [3.8, 4) is 17.6 Å². The van der Waals surface area contributed by atoms with E-state index in [1.165, 1.54) is 12.1 Å². The molecule has 0 saturated carbocycles. The molecule has 0 radical (unpaired) electrons. The topological polar surface area (TPSA) is 59.3 Å². The number of hydrogen-bond acceptors (Lipinski definition) is 4. The zero-order chi connectivity index (χ0) is 18.2. The molecule has 0 aliphatic carbocycles. The number of rotatable bonds is 7. The summed E-state index contributed by atoms with van der Waals surface area (Å²) in [5.74, 6) is 0.108. The minimum atomic E-state index is -0.592. The van der Waals surface area contributed by atoms with Crippen LogP contribution in [0.5, 0.6) is 11.5 Å². The largest absolute Gasteiger partial charge is 0.490 e. The fraction of sp³-hybridized carbons (Fsp3) is 0.263. The van der Waals surface area contributed by atoms with Crippen molar-refractivity contribution < 1.29 is 14.3 Å². The van der Waals surface area contributed by atoms with Crippen LogP contribution >= 0.6 is 23.2 Å². The zero-order valence-electron chi connectivity index (χ0n) is 13.7. The molecule has 2 rings (SSSR count). The molecule has 2 aromatic carbocycles. The molecule has 0 aliphatic heterocycles. The number of halogens is 2. The minimum Gasteiger partial charge on any atom is -0.490 e. The summed E-state index contributed by atoms with van der Waals surface area (Å²) in [4.78, 5) is 12.2.